The Bertz CT molecular complexity index is 814. The van der Waals surface area contributed by atoms with Gasteiger partial charge in [0.05, 0.1) is 5.54 Å². The van der Waals surface area contributed by atoms with Crippen molar-refractivity contribution in [3.63, 3.8) is 0 Å². The van der Waals surface area contributed by atoms with Crippen LogP contribution in [-0.2, 0) is 17.9 Å². The summed E-state index contributed by atoms with van der Waals surface area (Å²) in [6.45, 7) is 0.800. The maximum Gasteiger partial charge on any atom is 0.319 e. The van der Waals surface area contributed by atoms with Crippen LogP contribution in [0, 0.1) is 0 Å². The number of benzene rings is 1. The van der Waals surface area contributed by atoms with Gasteiger partial charge in [0, 0.05) is 31.2 Å². The van der Waals surface area contributed by atoms with Crippen LogP contribution in [0.1, 0.15) is 43.2 Å². The van der Waals surface area contributed by atoms with Gasteiger partial charge in [0.2, 0.25) is 5.91 Å². The predicted octanol–water partition coefficient (Wildman–Crippen LogP) is 3.52. The van der Waals surface area contributed by atoms with Gasteiger partial charge in [0.1, 0.15) is 0 Å². The zero-order chi connectivity index (χ0) is 19.8. The second-order valence-corrected chi connectivity index (χ2v) is 7.26. The van der Waals surface area contributed by atoms with E-state index in [1.807, 2.05) is 36.4 Å². The first-order valence-corrected chi connectivity index (χ1v) is 9.65. The number of hydrogen-bond donors (Lipinski definition) is 4. The van der Waals surface area contributed by atoms with Gasteiger partial charge in [-0.3, -0.25) is 9.78 Å². The number of urea groups is 1. The van der Waals surface area contributed by atoms with Crippen LogP contribution in [0.15, 0.2) is 48.8 Å². The van der Waals surface area contributed by atoms with Crippen molar-refractivity contribution in [2.24, 2.45) is 5.73 Å². The SMILES string of the molecule is Cl.Cl.NC1(C(=O)NCc2cccc(NC(=O)NCc3ccncc3)c2)CCCCC1. The Kier molecular flexibility index (Phi) is 10.6. The third-order valence-corrected chi connectivity index (χ3v) is 5.04. The molecule has 3 rings (SSSR count). The lowest BCUT2D eigenvalue weighted by Crippen LogP contribution is -2.54. The summed E-state index contributed by atoms with van der Waals surface area (Å²) in [5.41, 5.74) is 8.05. The maximum absolute atomic E-state index is 12.5. The maximum atomic E-state index is 12.5. The number of halogens is 2. The largest absolute Gasteiger partial charge is 0.350 e. The molecule has 3 amide bonds. The standard InChI is InChI=1S/C21H27N5O2.2ClH/c22-21(9-2-1-3-10-21)19(27)24-15-17-5-4-6-18(13-17)26-20(28)25-14-16-7-11-23-12-8-16;;/h4-8,11-13H,1-3,9-10,14-15,22H2,(H,24,27)(H2,25,26,28);2*1H. The number of carbonyl (C=O) groups excluding carboxylic acids is 2. The monoisotopic (exact) mass is 453 g/mol. The Morgan fingerprint density at radius 1 is 0.933 bits per heavy atom. The molecule has 1 heterocycles. The number of nitrogens with one attached hydrogen (secondary N) is 3. The molecule has 0 spiro atoms. The van der Waals surface area contributed by atoms with Gasteiger partial charge in [-0.15, -0.1) is 24.8 Å². The summed E-state index contributed by atoms with van der Waals surface area (Å²) in [5.74, 6) is -0.0966. The average Bonchev–Trinajstić information content (AvgIpc) is 2.72. The lowest BCUT2D eigenvalue weighted by atomic mass is 9.82. The van der Waals surface area contributed by atoms with Gasteiger partial charge >= 0.3 is 6.03 Å². The summed E-state index contributed by atoms with van der Waals surface area (Å²) >= 11 is 0. The molecule has 7 nitrogen and oxygen atoms in total. The number of aromatic nitrogens is 1. The molecule has 2 aromatic rings. The van der Waals surface area contributed by atoms with Gasteiger partial charge in [-0.05, 0) is 48.2 Å². The number of pyridine rings is 1. The highest BCUT2D eigenvalue weighted by Gasteiger charge is 2.34. The first-order valence-electron chi connectivity index (χ1n) is 9.65. The van der Waals surface area contributed by atoms with Crippen LogP contribution in [-0.4, -0.2) is 22.5 Å². The Balaban J connectivity index is 0.00000225. The van der Waals surface area contributed by atoms with E-state index >= 15 is 0 Å². The van der Waals surface area contributed by atoms with E-state index in [4.69, 9.17) is 5.73 Å². The van der Waals surface area contributed by atoms with E-state index in [0.717, 1.165) is 43.2 Å². The third-order valence-electron chi connectivity index (χ3n) is 5.04. The van der Waals surface area contributed by atoms with Crippen LogP contribution in [0.5, 0.6) is 0 Å². The first-order chi connectivity index (χ1) is 13.5. The summed E-state index contributed by atoms with van der Waals surface area (Å²) in [7, 11) is 0. The van der Waals surface area contributed by atoms with Gasteiger partial charge < -0.3 is 21.7 Å². The van der Waals surface area contributed by atoms with Gasteiger partial charge in [-0.1, -0.05) is 31.4 Å². The Morgan fingerprint density at radius 3 is 2.30 bits per heavy atom. The molecule has 1 fully saturated rings. The molecular weight excluding hydrogens is 425 g/mol. The van der Waals surface area contributed by atoms with E-state index in [-0.39, 0.29) is 36.8 Å². The number of rotatable bonds is 6. The summed E-state index contributed by atoms with van der Waals surface area (Å²) in [6.07, 6.45) is 7.98. The van der Waals surface area contributed by atoms with Crippen molar-refractivity contribution in [1.29, 1.82) is 0 Å². The molecule has 30 heavy (non-hydrogen) atoms. The number of hydrogen-bond acceptors (Lipinski definition) is 4. The number of amides is 3. The molecule has 0 aliphatic heterocycles. The van der Waals surface area contributed by atoms with E-state index in [1.54, 1.807) is 12.4 Å². The van der Waals surface area contributed by atoms with Gasteiger partial charge in [-0.25, -0.2) is 4.79 Å². The summed E-state index contributed by atoms with van der Waals surface area (Å²) < 4.78 is 0. The second kappa shape index (κ2) is 12.4. The van der Waals surface area contributed by atoms with Gasteiger partial charge in [-0.2, -0.15) is 0 Å². The van der Waals surface area contributed by atoms with E-state index in [1.165, 1.54) is 0 Å². The van der Waals surface area contributed by atoms with Crippen LogP contribution in [0.3, 0.4) is 0 Å². The fourth-order valence-electron chi connectivity index (χ4n) is 3.39. The van der Waals surface area contributed by atoms with Crippen LogP contribution in [0.4, 0.5) is 10.5 Å². The minimum atomic E-state index is -0.749. The number of anilines is 1. The zero-order valence-electron chi connectivity index (χ0n) is 16.7. The first kappa shape index (κ1) is 25.7. The van der Waals surface area contributed by atoms with E-state index in [2.05, 4.69) is 20.9 Å². The quantitative estimate of drug-likeness (QED) is 0.536. The molecular formula is C21H29Cl2N5O2. The van der Waals surface area contributed by atoms with Gasteiger partial charge in [0.25, 0.3) is 0 Å². The molecule has 5 N–H and O–H groups in total. The minimum Gasteiger partial charge on any atom is -0.350 e. The smallest absolute Gasteiger partial charge is 0.319 e. The van der Waals surface area contributed by atoms with Crippen LogP contribution in [0.25, 0.3) is 0 Å². The summed E-state index contributed by atoms with van der Waals surface area (Å²) in [5, 5.41) is 8.55. The predicted molar refractivity (Wildman–Crippen MR) is 123 cm³/mol. The Hall–Kier alpha value is -2.35. The number of nitrogens with zero attached hydrogens (tertiary/aromatic N) is 1. The topological polar surface area (TPSA) is 109 Å². The molecule has 0 bridgehead atoms. The lowest BCUT2D eigenvalue weighted by molar-refractivity contribution is -0.127. The number of nitrogens with two attached hydrogens (primary N) is 1. The van der Waals surface area contributed by atoms with Crippen LogP contribution in [0.2, 0.25) is 0 Å². The van der Waals surface area contributed by atoms with E-state index < -0.39 is 5.54 Å². The molecule has 1 aromatic carbocycles. The van der Waals surface area contributed by atoms with E-state index in [9.17, 15) is 9.59 Å². The molecule has 9 heteroatoms. The molecule has 0 unspecified atom stereocenters. The molecule has 0 atom stereocenters. The minimum absolute atomic E-state index is 0. The normalized spacial score (nSPS) is 14.4. The molecule has 1 aliphatic rings. The fourth-order valence-corrected chi connectivity index (χ4v) is 3.39. The average molecular weight is 454 g/mol. The lowest BCUT2D eigenvalue weighted by Gasteiger charge is -2.31. The van der Waals surface area contributed by atoms with E-state index in [0.29, 0.717) is 18.8 Å². The van der Waals surface area contributed by atoms with Crippen molar-refractivity contribution in [3.05, 3.63) is 59.9 Å². The molecule has 164 valence electrons. The number of carbonyl (C=O) groups is 2. The summed E-state index contributed by atoms with van der Waals surface area (Å²) in [6, 6.07) is 10.8. The Labute approximate surface area is 189 Å². The van der Waals surface area contributed by atoms with Crippen LogP contribution < -0.4 is 21.7 Å². The fraction of sp³-hybridized carbons (Fsp3) is 0.381. The molecule has 1 aliphatic carbocycles. The van der Waals surface area contributed by atoms with Crippen molar-refractivity contribution in [2.75, 3.05) is 5.32 Å². The molecule has 1 saturated carbocycles. The van der Waals surface area contributed by atoms with Crippen molar-refractivity contribution in [1.82, 2.24) is 15.6 Å². The van der Waals surface area contributed by atoms with Crippen molar-refractivity contribution in [2.45, 2.75) is 50.7 Å². The molecule has 0 saturated heterocycles. The highest BCUT2D eigenvalue weighted by molar-refractivity contribution is 5.89. The van der Waals surface area contributed by atoms with Crippen molar-refractivity contribution >= 4 is 42.4 Å². The molecule has 0 radical (unpaired) electrons. The highest BCUT2D eigenvalue weighted by atomic mass is 35.5. The summed E-state index contributed by atoms with van der Waals surface area (Å²) in [4.78, 5) is 28.5. The highest BCUT2D eigenvalue weighted by Crippen LogP contribution is 2.26. The second-order valence-electron chi connectivity index (χ2n) is 7.26. The zero-order valence-corrected chi connectivity index (χ0v) is 18.4. The third kappa shape index (κ3) is 7.48. The Morgan fingerprint density at radius 2 is 1.60 bits per heavy atom. The van der Waals surface area contributed by atoms with Crippen LogP contribution >= 0.6 is 24.8 Å². The van der Waals surface area contributed by atoms with Crippen molar-refractivity contribution < 1.29 is 9.59 Å². The van der Waals surface area contributed by atoms with Crippen molar-refractivity contribution in [3.8, 4) is 0 Å². The molecule has 1 aromatic heterocycles. The van der Waals surface area contributed by atoms with Gasteiger partial charge in [0.15, 0.2) is 0 Å².